The highest BCUT2D eigenvalue weighted by Crippen LogP contribution is 2.31. The second-order valence-electron chi connectivity index (χ2n) is 5.24. The molecule has 0 saturated heterocycles. The Morgan fingerprint density at radius 1 is 1.28 bits per heavy atom. The lowest BCUT2D eigenvalue weighted by Crippen LogP contribution is -2.18. The molecule has 5 heteroatoms. The summed E-state index contributed by atoms with van der Waals surface area (Å²) in [5, 5.41) is 0. The van der Waals surface area contributed by atoms with Crippen molar-refractivity contribution in [3.8, 4) is 11.4 Å². The lowest BCUT2D eigenvalue weighted by molar-refractivity contribution is 0.534. The Morgan fingerprint density at radius 2 is 1.94 bits per heavy atom. The second kappa shape index (κ2) is 4.53. The van der Waals surface area contributed by atoms with Crippen molar-refractivity contribution in [1.29, 1.82) is 0 Å². The first-order chi connectivity index (χ1) is 8.30. The third-order valence-electron chi connectivity index (χ3n) is 2.69. The van der Waals surface area contributed by atoms with Crippen LogP contribution in [0.2, 0.25) is 0 Å². The van der Waals surface area contributed by atoms with Crippen molar-refractivity contribution in [2.45, 2.75) is 33.1 Å². The molecule has 0 saturated carbocycles. The van der Waals surface area contributed by atoms with Crippen LogP contribution in [0.1, 0.15) is 32.2 Å². The molecule has 4 nitrogen and oxygen atoms in total. The molecule has 96 valence electrons. The fourth-order valence-electron chi connectivity index (χ4n) is 1.70. The van der Waals surface area contributed by atoms with Crippen LogP contribution in [0.25, 0.3) is 11.4 Å². The van der Waals surface area contributed by atoms with Crippen molar-refractivity contribution in [2.75, 3.05) is 5.73 Å². The van der Waals surface area contributed by atoms with E-state index in [1.54, 1.807) is 6.26 Å². The maximum Gasteiger partial charge on any atom is 0.165 e. The summed E-state index contributed by atoms with van der Waals surface area (Å²) in [5.74, 6) is 1.95. The van der Waals surface area contributed by atoms with Crippen molar-refractivity contribution in [1.82, 2.24) is 9.97 Å². The van der Waals surface area contributed by atoms with Crippen LogP contribution in [0, 0.1) is 10.5 Å². The average molecular weight is 357 g/mol. The van der Waals surface area contributed by atoms with Crippen molar-refractivity contribution in [2.24, 2.45) is 0 Å². The summed E-state index contributed by atoms with van der Waals surface area (Å²) in [5.41, 5.74) is 7.77. The molecule has 0 unspecified atom stereocenters. The van der Waals surface area contributed by atoms with Gasteiger partial charge in [0.2, 0.25) is 0 Å². The van der Waals surface area contributed by atoms with Gasteiger partial charge in [-0.25, -0.2) is 9.97 Å². The minimum absolute atomic E-state index is 0.0695. The molecule has 0 radical (unpaired) electrons. The van der Waals surface area contributed by atoms with E-state index in [0.29, 0.717) is 11.6 Å². The standard InChI is InChI=1S/C13H16IN3O/c1-7-8(5-6-18-7)12-16-10(13(2,3)4)9(14)11(15)17-12/h5-6H,1-4H3,(H2,15,16,17). The van der Waals surface area contributed by atoms with Crippen LogP contribution in [-0.4, -0.2) is 9.97 Å². The third kappa shape index (κ3) is 2.36. The van der Waals surface area contributed by atoms with Crippen LogP contribution in [0.5, 0.6) is 0 Å². The summed E-state index contributed by atoms with van der Waals surface area (Å²) in [6.45, 7) is 8.23. The number of nitrogens with zero attached hydrogens (tertiary/aromatic N) is 2. The number of rotatable bonds is 1. The highest BCUT2D eigenvalue weighted by molar-refractivity contribution is 14.1. The fourth-order valence-corrected chi connectivity index (χ4v) is 2.75. The van der Waals surface area contributed by atoms with Gasteiger partial charge in [-0.2, -0.15) is 0 Å². The van der Waals surface area contributed by atoms with E-state index in [-0.39, 0.29) is 5.41 Å². The fraction of sp³-hybridized carbons (Fsp3) is 0.385. The zero-order valence-electron chi connectivity index (χ0n) is 10.9. The van der Waals surface area contributed by atoms with E-state index in [0.717, 1.165) is 20.6 Å². The van der Waals surface area contributed by atoms with Gasteiger partial charge in [-0.1, -0.05) is 20.8 Å². The van der Waals surface area contributed by atoms with E-state index in [2.05, 4.69) is 53.3 Å². The number of nitrogen functional groups attached to an aromatic ring is 1. The van der Waals surface area contributed by atoms with Gasteiger partial charge in [0.1, 0.15) is 11.6 Å². The Labute approximate surface area is 120 Å². The van der Waals surface area contributed by atoms with Gasteiger partial charge in [-0.05, 0) is 35.6 Å². The molecule has 0 aliphatic rings. The summed E-state index contributed by atoms with van der Waals surface area (Å²) in [4.78, 5) is 9.00. The Balaban J connectivity index is 2.66. The van der Waals surface area contributed by atoms with E-state index in [1.165, 1.54) is 0 Å². The number of hydrogen-bond donors (Lipinski definition) is 1. The maximum absolute atomic E-state index is 5.99. The topological polar surface area (TPSA) is 64.9 Å². The molecule has 0 spiro atoms. The summed E-state index contributed by atoms with van der Waals surface area (Å²) in [6, 6.07) is 1.86. The van der Waals surface area contributed by atoms with Gasteiger partial charge in [-0.15, -0.1) is 0 Å². The van der Waals surface area contributed by atoms with E-state index in [4.69, 9.17) is 10.2 Å². The number of aryl methyl sites for hydroxylation is 1. The van der Waals surface area contributed by atoms with E-state index in [9.17, 15) is 0 Å². The number of anilines is 1. The van der Waals surface area contributed by atoms with Gasteiger partial charge in [0.25, 0.3) is 0 Å². The van der Waals surface area contributed by atoms with E-state index < -0.39 is 0 Å². The molecule has 0 bridgehead atoms. The van der Waals surface area contributed by atoms with Crippen molar-refractivity contribution in [3.63, 3.8) is 0 Å². The average Bonchev–Trinajstić information content (AvgIpc) is 2.66. The molecular formula is C13H16IN3O. The van der Waals surface area contributed by atoms with E-state index in [1.807, 2.05) is 13.0 Å². The smallest absolute Gasteiger partial charge is 0.165 e. The van der Waals surface area contributed by atoms with Crippen LogP contribution in [0.15, 0.2) is 16.7 Å². The molecule has 0 aromatic carbocycles. The Kier molecular flexibility index (Phi) is 3.35. The van der Waals surface area contributed by atoms with Gasteiger partial charge in [-0.3, -0.25) is 0 Å². The number of halogens is 1. The molecular weight excluding hydrogens is 341 g/mol. The number of aromatic nitrogens is 2. The second-order valence-corrected chi connectivity index (χ2v) is 6.31. The van der Waals surface area contributed by atoms with Crippen LogP contribution in [-0.2, 0) is 5.41 Å². The SMILES string of the molecule is Cc1occc1-c1nc(N)c(I)c(C(C)(C)C)n1. The molecule has 2 aromatic heterocycles. The van der Waals surface area contributed by atoms with Gasteiger partial charge < -0.3 is 10.2 Å². The molecule has 0 amide bonds. The molecule has 0 atom stereocenters. The zero-order chi connectivity index (χ0) is 13.5. The Hall–Kier alpha value is -1.11. The molecule has 2 rings (SSSR count). The molecule has 0 aliphatic carbocycles. The van der Waals surface area contributed by atoms with Crippen LogP contribution < -0.4 is 5.73 Å². The minimum atomic E-state index is -0.0695. The lowest BCUT2D eigenvalue weighted by Gasteiger charge is -2.20. The summed E-state index contributed by atoms with van der Waals surface area (Å²) in [7, 11) is 0. The van der Waals surface area contributed by atoms with Gasteiger partial charge in [0.05, 0.1) is 21.1 Å². The number of furan rings is 1. The van der Waals surface area contributed by atoms with Crippen LogP contribution in [0.3, 0.4) is 0 Å². The van der Waals surface area contributed by atoms with Crippen molar-refractivity contribution < 1.29 is 4.42 Å². The van der Waals surface area contributed by atoms with Crippen molar-refractivity contribution >= 4 is 28.4 Å². The molecule has 2 heterocycles. The molecule has 2 aromatic rings. The molecule has 0 fully saturated rings. The minimum Gasteiger partial charge on any atom is -0.469 e. The number of hydrogen-bond acceptors (Lipinski definition) is 4. The van der Waals surface area contributed by atoms with Gasteiger partial charge in [0.15, 0.2) is 5.82 Å². The largest absolute Gasteiger partial charge is 0.469 e. The molecule has 18 heavy (non-hydrogen) atoms. The summed E-state index contributed by atoms with van der Waals surface area (Å²) >= 11 is 2.20. The Morgan fingerprint density at radius 3 is 2.44 bits per heavy atom. The highest BCUT2D eigenvalue weighted by atomic mass is 127. The van der Waals surface area contributed by atoms with Gasteiger partial charge in [0, 0.05) is 5.41 Å². The zero-order valence-corrected chi connectivity index (χ0v) is 13.1. The molecule has 2 N–H and O–H groups in total. The summed E-state index contributed by atoms with van der Waals surface area (Å²) < 4.78 is 6.21. The quantitative estimate of drug-likeness (QED) is 0.793. The maximum atomic E-state index is 5.99. The normalized spacial score (nSPS) is 11.8. The highest BCUT2D eigenvalue weighted by Gasteiger charge is 2.23. The predicted molar refractivity (Wildman–Crippen MR) is 80.3 cm³/mol. The summed E-state index contributed by atoms with van der Waals surface area (Å²) in [6.07, 6.45) is 1.64. The van der Waals surface area contributed by atoms with Crippen LogP contribution >= 0.6 is 22.6 Å². The molecule has 0 aliphatic heterocycles. The first-order valence-corrected chi connectivity index (χ1v) is 6.76. The predicted octanol–water partition coefficient (Wildman–Crippen LogP) is 3.53. The monoisotopic (exact) mass is 357 g/mol. The van der Waals surface area contributed by atoms with E-state index >= 15 is 0 Å². The lowest BCUT2D eigenvalue weighted by atomic mass is 9.92. The van der Waals surface area contributed by atoms with Crippen molar-refractivity contribution in [3.05, 3.63) is 27.4 Å². The first-order valence-electron chi connectivity index (χ1n) is 5.68. The van der Waals surface area contributed by atoms with Crippen LogP contribution in [0.4, 0.5) is 5.82 Å². The first kappa shape index (κ1) is 13.3. The number of nitrogens with two attached hydrogens (primary N) is 1. The Bertz CT molecular complexity index is 584. The van der Waals surface area contributed by atoms with Gasteiger partial charge >= 0.3 is 0 Å². The third-order valence-corrected chi connectivity index (χ3v) is 3.75.